The van der Waals surface area contributed by atoms with Crippen molar-refractivity contribution in [2.24, 2.45) is 0 Å². The van der Waals surface area contributed by atoms with E-state index in [-0.39, 0.29) is 11.4 Å². The highest BCUT2D eigenvalue weighted by Gasteiger charge is 2.13. The molecule has 0 unspecified atom stereocenters. The molecule has 0 aliphatic rings. The minimum Gasteiger partial charge on any atom is -0.348 e. The van der Waals surface area contributed by atoms with Gasteiger partial charge in [-0.25, -0.2) is 0 Å². The first-order valence-corrected chi connectivity index (χ1v) is 3.98. The van der Waals surface area contributed by atoms with E-state index >= 15 is 0 Å². The molecule has 0 atom stereocenters. The zero-order valence-corrected chi connectivity index (χ0v) is 8.27. The van der Waals surface area contributed by atoms with Gasteiger partial charge in [-0.15, -0.1) is 0 Å². The van der Waals surface area contributed by atoms with Crippen LogP contribution in [0.1, 0.15) is 27.7 Å². The minimum atomic E-state index is -0.173. The molecule has 0 aliphatic heterocycles. The van der Waals surface area contributed by atoms with Crippen LogP contribution in [0.2, 0.25) is 0 Å². The summed E-state index contributed by atoms with van der Waals surface area (Å²) in [6, 6.07) is 0. The molecule has 0 saturated carbocycles. The van der Waals surface area contributed by atoms with Crippen molar-refractivity contribution < 1.29 is 4.79 Å². The van der Waals surface area contributed by atoms with Crippen molar-refractivity contribution in [3.05, 3.63) is 24.3 Å². The Hall–Kier alpha value is -1.05. The molecule has 0 heterocycles. The van der Waals surface area contributed by atoms with Crippen LogP contribution in [0.4, 0.5) is 0 Å². The zero-order valence-electron chi connectivity index (χ0n) is 8.27. The van der Waals surface area contributed by atoms with Crippen LogP contribution in [-0.2, 0) is 4.79 Å². The van der Waals surface area contributed by atoms with E-state index in [9.17, 15) is 4.79 Å². The molecule has 12 heavy (non-hydrogen) atoms. The molecule has 68 valence electrons. The summed E-state index contributed by atoms with van der Waals surface area (Å²) in [6.07, 6.45) is 3.30. The number of allylic oxidation sites excluding steroid dienone is 2. The second-order valence-corrected chi connectivity index (χ2v) is 3.79. The van der Waals surface area contributed by atoms with Crippen molar-refractivity contribution in [1.82, 2.24) is 5.32 Å². The Kier molecular flexibility index (Phi) is 3.74. The molecule has 0 fully saturated rings. The summed E-state index contributed by atoms with van der Waals surface area (Å²) in [5, 5.41) is 2.85. The predicted molar refractivity (Wildman–Crippen MR) is 51.8 cm³/mol. The number of carbonyl (C=O) groups excluding carboxylic acids is 1. The number of amides is 1. The smallest absolute Gasteiger partial charge is 0.247 e. The minimum absolute atomic E-state index is 0.0394. The summed E-state index contributed by atoms with van der Waals surface area (Å²) in [4.78, 5) is 11.3. The van der Waals surface area contributed by atoms with E-state index in [0.717, 1.165) is 0 Å². The fourth-order valence-electron chi connectivity index (χ4n) is 0.692. The van der Waals surface area contributed by atoms with E-state index in [1.165, 1.54) is 0 Å². The Morgan fingerprint density at radius 3 is 2.25 bits per heavy atom. The molecule has 0 spiro atoms. The zero-order chi connectivity index (χ0) is 9.78. The van der Waals surface area contributed by atoms with Gasteiger partial charge in [-0.3, -0.25) is 4.79 Å². The average molecular weight is 167 g/mol. The number of hydrogen-bond donors (Lipinski definition) is 1. The summed E-state index contributed by atoms with van der Waals surface area (Å²) >= 11 is 0. The quantitative estimate of drug-likeness (QED) is 0.495. The number of hydrogen-bond acceptors (Lipinski definition) is 1. The molecular formula is C10H17NO. The Balaban J connectivity index is 4.24. The Labute approximate surface area is 74.4 Å². The van der Waals surface area contributed by atoms with E-state index in [1.54, 1.807) is 19.1 Å². The maximum Gasteiger partial charge on any atom is 0.247 e. The maximum atomic E-state index is 11.3. The summed E-state index contributed by atoms with van der Waals surface area (Å²) in [5.74, 6) is -0.0394. The van der Waals surface area contributed by atoms with E-state index in [4.69, 9.17) is 0 Å². The highest BCUT2D eigenvalue weighted by atomic mass is 16.1. The third kappa shape index (κ3) is 4.72. The summed E-state index contributed by atoms with van der Waals surface area (Å²) in [7, 11) is 0. The molecule has 0 saturated heterocycles. The highest BCUT2D eigenvalue weighted by molar-refractivity contribution is 5.93. The first-order valence-electron chi connectivity index (χ1n) is 3.98. The van der Waals surface area contributed by atoms with Gasteiger partial charge in [-0.2, -0.15) is 0 Å². The van der Waals surface area contributed by atoms with Crippen LogP contribution in [0, 0.1) is 0 Å². The van der Waals surface area contributed by atoms with Crippen LogP contribution < -0.4 is 5.32 Å². The van der Waals surface area contributed by atoms with Gasteiger partial charge in [0.25, 0.3) is 0 Å². The van der Waals surface area contributed by atoms with E-state index in [0.29, 0.717) is 5.57 Å². The second kappa shape index (κ2) is 4.10. The largest absolute Gasteiger partial charge is 0.348 e. The standard InChI is InChI=1S/C10H17NO/c1-6-7-8(2)9(12)11-10(3,4)5/h6-7H,1H2,2-5H3,(H,11,12)/b8-7+. The van der Waals surface area contributed by atoms with E-state index in [1.807, 2.05) is 20.8 Å². The molecule has 0 radical (unpaired) electrons. The third-order valence-electron chi connectivity index (χ3n) is 1.21. The van der Waals surface area contributed by atoms with Gasteiger partial charge in [-0.1, -0.05) is 18.7 Å². The SMILES string of the molecule is C=C/C=C(\C)C(=O)NC(C)(C)C. The van der Waals surface area contributed by atoms with Gasteiger partial charge in [0.05, 0.1) is 0 Å². The molecule has 0 aromatic carbocycles. The van der Waals surface area contributed by atoms with Crippen LogP contribution >= 0.6 is 0 Å². The van der Waals surface area contributed by atoms with Crippen LogP contribution in [-0.4, -0.2) is 11.4 Å². The fourth-order valence-corrected chi connectivity index (χ4v) is 0.692. The summed E-state index contributed by atoms with van der Waals surface area (Å²) < 4.78 is 0. The molecule has 0 bridgehead atoms. The van der Waals surface area contributed by atoms with Crippen molar-refractivity contribution in [1.29, 1.82) is 0 Å². The number of nitrogens with one attached hydrogen (secondary N) is 1. The lowest BCUT2D eigenvalue weighted by molar-refractivity contribution is -0.118. The topological polar surface area (TPSA) is 29.1 Å². The lowest BCUT2D eigenvalue weighted by Gasteiger charge is -2.20. The van der Waals surface area contributed by atoms with Gasteiger partial charge in [0.2, 0.25) is 5.91 Å². The molecule has 2 heteroatoms. The predicted octanol–water partition coefficient (Wildman–Crippen LogP) is 2.03. The monoisotopic (exact) mass is 167 g/mol. The maximum absolute atomic E-state index is 11.3. The van der Waals surface area contributed by atoms with Gasteiger partial charge in [0, 0.05) is 11.1 Å². The van der Waals surface area contributed by atoms with Gasteiger partial charge < -0.3 is 5.32 Å². The molecule has 0 aromatic rings. The number of rotatable bonds is 2. The third-order valence-corrected chi connectivity index (χ3v) is 1.21. The molecule has 1 N–H and O–H groups in total. The van der Waals surface area contributed by atoms with Crippen molar-refractivity contribution in [2.45, 2.75) is 33.2 Å². The van der Waals surface area contributed by atoms with Crippen molar-refractivity contribution in [3.8, 4) is 0 Å². The van der Waals surface area contributed by atoms with Crippen LogP contribution in [0.25, 0.3) is 0 Å². The lowest BCUT2D eigenvalue weighted by Crippen LogP contribution is -2.40. The Morgan fingerprint density at radius 2 is 1.92 bits per heavy atom. The second-order valence-electron chi connectivity index (χ2n) is 3.79. The van der Waals surface area contributed by atoms with Crippen LogP contribution in [0.5, 0.6) is 0 Å². The van der Waals surface area contributed by atoms with E-state index < -0.39 is 0 Å². The van der Waals surface area contributed by atoms with Crippen molar-refractivity contribution in [3.63, 3.8) is 0 Å². The normalized spacial score (nSPS) is 12.5. The first kappa shape index (κ1) is 11.0. The molecule has 0 aliphatic carbocycles. The highest BCUT2D eigenvalue weighted by Crippen LogP contribution is 2.01. The lowest BCUT2D eigenvalue weighted by atomic mass is 10.1. The van der Waals surface area contributed by atoms with Crippen LogP contribution in [0.15, 0.2) is 24.3 Å². The van der Waals surface area contributed by atoms with Gasteiger partial charge in [0.15, 0.2) is 0 Å². The van der Waals surface area contributed by atoms with E-state index in [2.05, 4.69) is 11.9 Å². The Bertz CT molecular complexity index is 208. The van der Waals surface area contributed by atoms with Gasteiger partial charge in [0.1, 0.15) is 0 Å². The average Bonchev–Trinajstić information content (AvgIpc) is 1.84. The first-order chi connectivity index (χ1) is 5.37. The molecule has 0 rings (SSSR count). The van der Waals surface area contributed by atoms with Crippen LogP contribution in [0.3, 0.4) is 0 Å². The van der Waals surface area contributed by atoms with Crippen molar-refractivity contribution >= 4 is 5.91 Å². The number of carbonyl (C=O) groups is 1. The fraction of sp³-hybridized carbons (Fsp3) is 0.500. The van der Waals surface area contributed by atoms with Gasteiger partial charge >= 0.3 is 0 Å². The Morgan fingerprint density at radius 1 is 1.42 bits per heavy atom. The molecule has 1 amide bonds. The van der Waals surface area contributed by atoms with Crippen molar-refractivity contribution in [2.75, 3.05) is 0 Å². The molecule has 2 nitrogen and oxygen atoms in total. The molecule has 0 aromatic heterocycles. The van der Waals surface area contributed by atoms with Gasteiger partial charge in [-0.05, 0) is 27.7 Å². The summed E-state index contributed by atoms with van der Waals surface area (Å²) in [6.45, 7) is 11.1. The molecular weight excluding hydrogens is 150 g/mol. The summed E-state index contributed by atoms with van der Waals surface area (Å²) in [5.41, 5.74) is 0.507.